The van der Waals surface area contributed by atoms with Crippen LogP contribution in [0.3, 0.4) is 0 Å². The van der Waals surface area contributed by atoms with Crippen molar-refractivity contribution in [2.75, 3.05) is 19.5 Å². The number of methoxy groups -OCH3 is 1. The Balaban J connectivity index is 1.82. The lowest BCUT2D eigenvalue weighted by Gasteiger charge is -2.17. The number of nitrogens with zero attached hydrogens (tertiary/aromatic N) is 5. The van der Waals surface area contributed by atoms with Crippen LogP contribution in [0.15, 0.2) is 39.3 Å². The standard InChI is InChI=1S/C17H19N7O6/c1-29-8-4-2-7(3-5-8)22-23-17-19-10-13(20-16(18)21-14(10)28)24(17)15-12(27)11(26)9(6-25)30-15/h2-5,9,11-12,15,25-27H,6H2,1H3,(H3,18,20,21,28)/t9-,11?,12?,15-/m1/s1. The van der Waals surface area contributed by atoms with Gasteiger partial charge in [-0.1, -0.05) is 0 Å². The van der Waals surface area contributed by atoms with E-state index in [-0.39, 0.29) is 23.1 Å². The third-order valence-electron chi connectivity index (χ3n) is 4.65. The van der Waals surface area contributed by atoms with Gasteiger partial charge in [0, 0.05) is 0 Å². The van der Waals surface area contributed by atoms with Crippen molar-refractivity contribution >= 4 is 28.7 Å². The Labute approximate surface area is 168 Å². The number of benzene rings is 1. The predicted molar refractivity (Wildman–Crippen MR) is 103 cm³/mol. The summed E-state index contributed by atoms with van der Waals surface area (Å²) >= 11 is 0. The molecule has 1 fully saturated rings. The summed E-state index contributed by atoms with van der Waals surface area (Å²) in [6.45, 7) is -0.528. The Morgan fingerprint density at radius 2 is 1.97 bits per heavy atom. The summed E-state index contributed by atoms with van der Waals surface area (Å²) in [4.78, 5) is 22.8. The largest absolute Gasteiger partial charge is 0.497 e. The van der Waals surface area contributed by atoms with E-state index < -0.39 is 36.7 Å². The van der Waals surface area contributed by atoms with Gasteiger partial charge in [-0.15, -0.1) is 10.2 Å². The molecule has 2 aromatic heterocycles. The first kappa shape index (κ1) is 19.9. The van der Waals surface area contributed by atoms with Crippen molar-refractivity contribution in [2.45, 2.75) is 24.5 Å². The number of hydrogen-bond donors (Lipinski definition) is 5. The van der Waals surface area contributed by atoms with E-state index in [9.17, 15) is 20.1 Å². The molecular weight excluding hydrogens is 398 g/mol. The molecule has 1 aliphatic heterocycles. The summed E-state index contributed by atoms with van der Waals surface area (Å²) in [6, 6.07) is 6.70. The number of H-pyrrole nitrogens is 1. The minimum absolute atomic E-state index is 0.0187. The maximum Gasteiger partial charge on any atom is 0.280 e. The quantitative estimate of drug-likeness (QED) is 0.348. The van der Waals surface area contributed by atoms with Crippen molar-refractivity contribution in [3.63, 3.8) is 0 Å². The van der Waals surface area contributed by atoms with Crippen molar-refractivity contribution in [1.29, 1.82) is 0 Å². The van der Waals surface area contributed by atoms with E-state index in [2.05, 4.69) is 25.2 Å². The van der Waals surface area contributed by atoms with Gasteiger partial charge in [0.25, 0.3) is 11.5 Å². The van der Waals surface area contributed by atoms with Gasteiger partial charge in [-0.25, -0.2) is 4.98 Å². The fraction of sp³-hybridized carbons (Fsp3) is 0.353. The number of ether oxygens (including phenoxy) is 2. The van der Waals surface area contributed by atoms with Gasteiger partial charge in [-0.05, 0) is 24.3 Å². The zero-order chi connectivity index (χ0) is 21.4. The number of nitrogen functional groups attached to an aromatic ring is 1. The number of aromatic amines is 1. The fourth-order valence-corrected chi connectivity index (χ4v) is 3.14. The maximum atomic E-state index is 12.3. The van der Waals surface area contributed by atoms with Crippen molar-refractivity contribution < 1.29 is 24.8 Å². The van der Waals surface area contributed by atoms with Crippen molar-refractivity contribution in [3.8, 4) is 5.75 Å². The van der Waals surface area contributed by atoms with Crippen molar-refractivity contribution in [3.05, 3.63) is 34.6 Å². The van der Waals surface area contributed by atoms with Crippen molar-refractivity contribution in [1.82, 2.24) is 19.5 Å². The topological polar surface area (TPSA) is 193 Å². The number of aromatic nitrogens is 4. The van der Waals surface area contributed by atoms with E-state index in [1.807, 2.05) is 0 Å². The number of aliphatic hydroxyl groups is 3. The summed E-state index contributed by atoms with van der Waals surface area (Å²) in [5, 5.41) is 38.1. The smallest absolute Gasteiger partial charge is 0.280 e. The molecule has 0 spiro atoms. The Morgan fingerprint density at radius 1 is 1.23 bits per heavy atom. The molecule has 13 heteroatoms. The zero-order valence-electron chi connectivity index (χ0n) is 15.7. The van der Waals surface area contributed by atoms with Crippen LogP contribution in [0.4, 0.5) is 17.6 Å². The number of azo groups is 1. The Bertz CT molecular complexity index is 1140. The molecule has 1 aliphatic rings. The van der Waals surface area contributed by atoms with Gasteiger partial charge < -0.3 is 30.5 Å². The summed E-state index contributed by atoms with van der Waals surface area (Å²) in [5.41, 5.74) is 5.37. The number of hydrogen-bond acceptors (Lipinski definition) is 11. The van der Waals surface area contributed by atoms with Crippen LogP contribution in [0.2, 0.25) is 0 Å². The summed E-state index contributed by atoms with van der Waals surface area (Å²) in [5.74, 6) is 0.345. The van der Waals surface area contributed by atoms with Crippen LogP contribution in [0.5, 0.6) is 5.75 Å². The number of fused-ring (bicyclic) bond motifs is 1. The first-order chi connectivity index (χ1) is 14.4. The van der Waals surface area contributed by atoms with Crippen LogP contribution in [-0.4, -0.2) is 66.9 Å². The highest BCUT2D eigenvalue weighted by Gasteiger charge is 2.45. The molecule has 2 unspecified atom stereocenters. The second-order valence-corrected chi connectivity index (χ2v) is 6.53. The van der Waals surface area contributed by atoms with Gasteiger partial charge in [0.2, 0.25) is 5.95 Å². The molecule has 3 aromatic rings. The molecule has 4 atom stereocenters. The second-order valence-electron chi connectivity index (χ2n) is 6.53. The lowest BCUT2D eigenvalue weighted by atomic mass is 10.1. The average molecular weight is 417 g/mol. The highest BCUT2D eigenvalue weighted by Crippen LogP contribution is 2.35. The molecule has 3 heterocycles. The Hall–Kier alpha value is -3.39. The molecule has 13 nitrogen and oxygen atoms in total. The molecule has 0 aliphatic carbocycles. The third kappa shape index (κ3) is 3.39. The van der Waals surface area contributed by atoms with E-state index in [1.165, 1.54) is 11.7 Å². The molecule has 0 amide bonds. The van der Waals surface area contributed by atoms with Crippen LogP contribution in [0, 0.1) is 0 Å². The third-order valence-corrected chi connectivity index (χ3v) is 4.65. The van der Waals surface area contributed by atoms with E-state index in [1.54, 1.807) is 24.3 Å². The first-order valence-electron chi connectivity index (χ1n) is 8.89. The minimum Gasteiger partial charge on any atom is -0.497 e. The Kier molecular flexibility index (Phi) is 5.17. The van der Waals surface area contributed by atoms with E-state index >= 15 is 0 Å². The van der Waals surface area contributed by atoms with E-state index in [4.69, 9.17) is 15.2 Å². The number of rotatable bonds is 5. The summed E-state index contributed by atoms with van der Waals surface area (Å²) in [6.07, 6.45) is -5.10. The molecule has 0 saturated carbocycles. The molecule has 0 radical (unpaired) electrons. The predicted octanol–water partition coefficient (Wildman–Crippen LogP) is -0.263. The van der Waals surface area contributed by atoms with Crippen LogP contribution in [-0.2, 0) is 4.74 Å². The fourth-order valence-electron chi connectivity index (χ4n) is 3.14. The lowest BCUT2D eigenvalue weighted by Crippen LogP contribution is -2.33. The second kappa shape index (κ2) is 7.79. The molecule has 4 rings (SSSR count). The molecule has 158 valence electrons. The van der Waals surface area contributed by atoms with Gasteiger partial charge in [0.15, 0.2) is 17.4 Å². The molecule has 0 bridgehead atoms. The van der Waals surface area contributed by atoms with Crippen LogP contribution in [0.1, 0.15) is 6.23 Å². The van der Waals surface area contributed by atoms with Gasteiger partial charge >= 0.3 is 0 Å². The van der Waals surface area contributed by atoms with Gasteiger partial charge in [-0.2, -0.15) is 4.98 Å². The summed E-state index contributed by atoms with van der Waals surface area (Å²) < 4.78 is 11.8. The van der Waals surface area contributed by atoms with Crippen LogP contribution >= 0.6 is 0 Å². The monoisotopic (exact) mass is 417 g/mol. The molecule has 1 saturated heterocycles. The van der Waals surface area contributed by atoms with Crippen LogP contribution < -0.4 is 16.0 Å². The lowest BCUT2D eigenvalue weighted by molar-refractivity contribution is -0.0503. The zero-order valence-corrected chi connectivity index (χ0v) is 15.7. The molecule has 6 N–H and O–H groups in total. The number of nitrogens with one attached hydrogen (secondary N) is 1. The molecule has 1 aromatic carbocycles. The van der Waals surface area contributed by atoms with Gasteiger partial charge in [0.1, 0.15) is 24.1 Å². The molecular formula is C17H19N7O6. The number of imidazole rings is 1. The molecule has 30 heavy (non-hydrogen) atoms. The number of nitrogens with two attached hydrogens (primary N) is 1. The van der Waals surface area contributed by atoms with E-state index in [0.29, 0.717) is 11.4 Å². The normalized spacial score (nSPS) is 24.1. The highest BCUT2D eigenvalue weighted by molar-refractivity contribution is 5.74. The van der Waals surface area contributed by atoms with Crippen LogP contribution in [0.25, 0.3) is 11.2 Å². The maximum absolute atomic E-state index is 12.3. The highest BCUT2D eigenvalue weighted by atomic mass is 16.6. The first-order valence-corrected chi connectivity index (χ1v) is 8.89. The minimum atomic E-state index is -1.45. The van der Waals surface area contributed by atoms with Crippen molar-refractivity contribution in [2.24, 2.45) is 10.2 Å². The Morgan fingerprint density at radius 3 is 2.60 bits per heavy atom. The SMILES string of the molecule is COc1ccc(N=Nc2nc3c(=O)[nH]c(N)nc3n2[C@@H]2O[C@H](CO)C(O)C2O)cc1. The number of aliphatic hydroxyl groups excluding tert-OH is 3. The van der Waals surface area contributed by atoms with Gasteiger partial charge in [0.05, 0.1) is 19.4 Å². The average Bonchev–Trinajstić information content (AvgIpc) is 3.24. The number of anilines is 1. The van der Waals surface area contributed by atoms with E-state index in [0.717, 1.165) is 0 Å². The summed E-state index contributed by atoms with van der Waals surface area (Å²) in [7, 11) is 1.54. The van der Waals surface area contributed by atoms with Gasteiger partial charge in [-0.3, -0.25) is 14.3 Å².